The van der Waals surface area contributed by atoms with E-state index in [0.29, 0.717) is 5.56 Å². The minimum absolute atomic E-state index is 0.0223. The van der Waals surface area contributed by atoms with E-state index in [1.807, 2.05) is 36.5 Å². The van der Waals surface area contributed by atoms with Crippen molar-refractivity contribution >= 4 is 23.3 Å². The largest absolute Gasteiger partial charge is 0.465 e. The maximum Gasteiger partial charge on any atom is 0.337 e. The number of hydrogen-bond acceptors (Lipinski definition) is 4. The number of benzene rings is 1. The molecule has 0 unspecified atom stereocenters. The lowest BCUT2D eigenvalue weighted by atomic mass is 9.96. The summed E-state index contributed by atoms with van der Waals surface area (Å²) in [4.78, 5) is 18.7. The van der Waals surface area contributed by atoms with Crippen molar-refractivity contribution in [3.63, 3.8) is 0 Å². The van der Waals surface area contributed by atoms with Crippen molar-refractivity contribution < 1.29 is 9.53 Å². The zero-order valence-electron chi connectivity index (χ0n) is 18.8. The molecule has 3 heterocycles. The minimum Gasteiger partial charge on any atom is -0.465 e. The molecule has 0 radical (unpaired) electrons. The van der Waals surface area contributed by atoms with Crippen molar-refractivity contribution in [2.45, 2.75) is 39.3 Å². The average molecular weight is 449 g/mol. The van der Waals surface area contributed by atoms with Crippen LogP contribution < -0.4 is 5.32 Å². The van der Waals surface area contributed by atoms with Gasteiger partial charge in [-0.2, -0.15) is 0 Å². The summed E-state index contributed by atoms with van der Waals surface area (Å²) in [6, 6.07) is 15.8. The fraction of sp³-hybridized carbons (Fsp3) is 0.320. The number of ether oxygens (including phenoxy) is 1. The zero-order chi connectivity index (χ0) is 22.8. The van der Waals surface area contributed by atoms with Crippen LogP contribution in [0.4, 0.5) is 0 Å². The van der Waals surface area contributed by atoms with Crippen molar-refractivity contribution in [2.24, 2.45) is 0 Å². The number of aromatic nitrogens is 2. The predicted octanol–water partition coefficient (Wildman–Crippen LogP) is 4.66. The van der Waals surface area contributed by atoms with E-state index in [1.54, 1.807) is 12.1 Å². The molecular formula is C25H28N4O2S. The summed E-state index contributed by atoms with van der Waals surface area (Å²) in [5.74, 6) is -0.336. The summed E-state index contributed by atoms with van der Waals surface area (Å²) in [6.07, 6.45) is 2.83. The second kappa shape index (κ2) is 9.12. The SMILES string of the molecule is CCCN1C(=S)N[C@@H](c2ccccn2)[C@H]1c1cc(C)n(-c2ccc(C(=O)OC)cc2)c1C. The van der Waals surface area contributed by atoms with E-state index in [1.165, 1.54) is 12.7 Å². The number of esters is 1. The first-order chi connectivity index (χ1) is 15.5. The van der Waals surface area contributed by atoms with Gasteiger partial charge < -0.3 is 19.5 Å². The molecule has 166 valence electrons. The molecule has 1 saturated heterocycles. The minimum atomic E-state index is -0.336. The number of hydrogen-bond donors (Lipinski definition) is 1. The molecule has 0 aliphatic carbocycles. The number of pyridine rings is 1. The normalized spacial score (nSPS) is 18.0. The van der Waals surface area contributed by atoms with E-state index in [-0.39, 0.29) is 18.1 Å². The lowest BCUT2D eigenvalue weighted by Crippen LogP contribution is -2.30. The first kappa shape index (κ1) is 22.0. The molecule has 1 aliphatic rings. The summed E-state index contributed by atoms with van der Waals surface area (Å²) >= 11 is 5.72. The van der Waals surface area contributed by atoms with Crippen LogP contribution in [-0.2, 0) is 4.74 Å². The molecule has 6 nitrogen and oxygen atoms in total. The summed E-state index contributed by atoms with van der Waals surface area (Å²) in [5, 5.41) is 4.27. The van der Waals surface area contributed by atoms with Crippen molar-refractivity contribution in [2.75, 3.05) is 13.7 Å². The smallest absolute Gasteiger partial charge is 0.337 e. The number of thiocarbonyl (C=S) groups is 1. The van der Waals surface area contributed by atoms with Crippen molar-refractivity contribution in [3.05, 3.63) is 82.9 Å². The molecule has 7 heteroatoms. The highest BCUT2D eigenvalue weighted by atomic mass is 32.1. The molecule has 32 heavy (non-hydrogen) atoms. The Bertz CT molecular complexity index is 1120. The van der Waals surface area contributed by atoms with Gasteiger partial charge in [-0.15, -0.1) is 0 Å². The number of nitrogens with zero attached hydrogens (tertiary/aromatic N) is 3. The second-order valence-electron chi connectivity index (χ2n) is 8.02. The van der Waals surface area contributed by atoms with Gasteiger partial charge in [-0.1, -0.05) is 13.0 Å². The molecule has 4 rings (SSSR count). The highest BCUT2D eigenvalue weighted by Gasteiger charge is 2.40. The van der Waals surface area contributed by atoms with Gasteiger partial charge >= 0.3 is 5.97 Å². The Morgan fingerprint density at radius 3 is 2.56 bits per heavy atom. The first-order valence-electron chi connectivity index (χ1n) is 10.8. The van der Waals surface area contributed by atoms with Gasteiger partial charge in [0.2, 0.25) is 0 Å². The standard InChI is InChI=1S/C25H28N4O2S/c1-5-14-28-23(22(27-25(28)32)21-8-6-7-13-26-21)20-15-16(2)29(17(20)3)19-11-9-18(10-12-19)24(30)31-4/h6-13,15,22-23H,5,14H2,1-4H3,(H,27,32)/t22-,23+/m0/s1. The maximum atomic E-state index is 11.8. The van der Waals surface area contributed by atoms with E-state index >= 15 is 0 Å². The van der Waals surface area contributed by atoms with E-state index in [0.717, 1.165) is 40.8 Å². The highest BCUT2D eigenvalue weighted by molar-refractivity contribution is 7.80. The monoisotopic (exact) mass is 448 g/mol. The molecule has 2 aromatic heterocycles. The molecule has 0 bridgehead atoms. The summed E-state index contributed by atoms with van der Waals surface area (Å²) < 4.78 is 7.04. The van der Waals surface area contributed by atoms with Gasteiger partial charge in [-0.3, -0.25) is 4.98 Å². The first-order valence-corrected chi connectivity index (χ1v) is 11.2. The Morgan fingerprint density at radius 2 is 1.94 bits per heavy atom. The van der Waals surface area contributed by atoms with Gasteiger partial charge in [0.05, 0.1) is 30.5 Å². The fourth-order valence-electron chi connectivity index (χ4n) is 4.57. The maximum absolute atomic E-state index is 11.8. The van der Waals surface area contributed by atoms with Crippen LogP contribution in [0.25, 0.3) is 5.69 Å². The Hall–Kier alpha value is -3.19. The van der Waals surface area contributed by atoms with Crippen LogP contribution in [0, 0.1) is 13.8 Å². The fourth-order valence-corrected chi connectivity index (χ4v) is 4.91. The zero-order valence-corrected chi connectivity index (χ0v) is 19.6. The van der Waals surface area contributed by atoms with Crippen LogP contribution >= 0.6 is 12.2 Å². The molecule has 0 amide bonds. The van der Waals surface area contributed by atoms with Gasteiger partial charge in [-0.05, 0) is 80.5 Å². The number of nitrogens with one attached hydrogen (secondary N) is 1. The van der Waals surface area contributed by atoms with Crippen molar-refractivity contribution in [3.8, 4) is 5.69 Å². The number of carbonyl (C=O) groups is 1. The Kier molecular flexibility index (Phi) is 6.28. The van der Waals surface area contributed by atoms with Crippen LogP contribution in [0.2, 0.25) is 0 Å². The molecule has 1 aromatic carbocycles. The van der Waals surface area contributed by atoms with E-state index in [4.69, 9.17) is 17.0 Å². The van der Waals surface area contributed by atoms with Crippen molar-refractivity contribution in [1.29, 1.82) is 0 Å². The van der Waals surface area contributed by atoms with Crippen LogP contribution in [0.1, 0.15) is 58.4 Å². The molecule has 2 atom stereocenters. The van der Waals surface area contributed by atoms with Crippen LogP contribution in [0.5, 0.6) is 0 Å². The third kappa shape index (κ3) is 3.88. The number of aryl methyl sites for hydroxylation is 1. The highest BCUT2D eigenvalue weighted by Crippen LogP contribution is 2.41. The number of rotatable bonds is 6. The number of methoxy groups -OCH3 is 1. The Morgan fingerprint density at radius 1 is 1.19 bits per heavy atom. The third-order valence-electron chi connectivity index (χ3n) is 6.00. The van der Waals surface area contributed by atoms with Gasteiger partial charge in [0.1, 0.15) is 0 Å². The quantitative estimate of drug-likeness (QED) is 0.437. The Labute approximate surface area is 194 Å². The molecule has 1 aliphatic heterocycles. The van der Waals surface area contributed by atoms with Gasteiger partial charge in [0.25, 0.3) is 0 Å². The average Bonchev–Trinajstić information content (AvgIpc) is 3.29. The van der Waals surface area contributed by atoms with Gasteiger partial charge in [-0.25, -0.2) is 4.79 Å². The predicted molar refractivity (Wildman–Crippen MR) is 129 cm³/mol. The molecule has 1 fully saturated rings. The van der Waals surface area contributed by atoms with Gasteiger partial charge in [0, 0.05) is 29.8 Å². The lowest BCUT2D eigenvalue weighted by molar-refractivity contribution is 0.0600. The lowest BCUT2D eigenvalue weighted by Gasteiger charge is -2.27. The molecule has 1 N–H and O–H groups in total. The summed E-state index contributed by atoms with van der Waals surface area (Å²) in [6.45, 7) is 7.28. The second-order valence-corrected chi connectivity index (χ2v) is 8.41. The summed E-state index contributed by atoms with van der Waals surface area (Å²) in [7, 11) is 1.39. The third-order valence-corrected chi connectivity index (χ3v) is 6.35. The Balaban J connectivity index is 1.78. The van der Waals surface area contributed by atoms with E-state index in [9.17, 15) is 4.79 Å². The molecule has 0 spiro atoms. The molecule has 0 saturated carbocycles. The van der Waals surface area contributed by atoms with Gasteiger partial charge in [0.15, 0.2) is 5.11 Å². The van der Waals surface area contributed by atoms with Crippen LogP contribution in [0.15, 0.2) is 54.7 Å². The van der Waals surface area contributed by atoms with E-state index < -0.39 is 0 Å². The number of carbonyl (C=O) groups excluding carboxylic acids is 1. The van der Waals surface area contributed by atoms with Crippen LogP contribution in [-0.4, -0.2) is 39.2 Å². The molecule has 3 aromatic rings. The van der Waals surface area contributed by atoms with Crippen molar-refractivity contribution in [1.82, 2.24) is 19.8 Å². The summed E-state index contributed by atoms with van der Waals surface area (Å²) in [5.41, 5.74) is 6.00. The van der Waals surface area contributed by atoms with E-state index in [2.05, 4.69) is 46.6 Å². The topological polar surface area (TPSA) is 59.4 Å². The van der Waals surface area contributed by atoms with Crippen LogP contribution in [0.3, 0.4) is 0 Å². The molecular weight excluding hydrogens is 420 g/mol.